The molecule has 5 heteroatoms. The minimum Gasteiger partial charge on any atom is -0.374 e. The first-order valence-corrected chi connectivity index (χ1v) is 7.99. The minimum absolute atomic E-state index is 0.0950. The highest BCUT2D eigenvalue weighted by molar-refractivity contribution is 5.81. The standard InChI is InChI=1S/C15H29N3O2/c1-12(15(19)17-13-6-4-3-5-7-13)18(2)11-14-10-16-8-9-20-14/h12-14,16H,3-11H2,1-2H3,(H,17,19). The zero-order valence-electron chi connectivity index (χ0n) is 12.9. The number of likely N-dealkylation sites (N-methyl/N-ethyl adjacent to an activating group) is 1. The first-order valence-electron chi connectivity index (χ1n) is 7.99. The molecule has 0 bridgehead atoms. The third kappa shape index (κ3) is 4.72. The minimum atomic E-state index is -0.0950. The van der Waals surface area contributed by atoms with Crippen LogP contribution in [0.1, 0.15) is 39.0 Å². The number of rotatable bonds is 5. The van der Waals surface area contributed by atoms with Crippen molar-refractivity contribution >= 4 is 5.91 Å². The number of nitrogens with one attached hydrogen (secondary N) is 2. The number of amides is 1. The summed E-state index contributed by atoms with van der Waals surface area (Å²) >= 11 is 0. The van der Waals surface area contributed by atoms with E-state index in [0.717, 1.165) is 39.1 Å². The number of carbonyl (C=O) groups excluding carboxylic acids is 1. The second kappa shape index (κ2) is 7.96. The highest BCUT2D eigenvalue weighted by Crippen LogP contribution is 2.17. The van der Waals surface area contributed by atoms with Crippen molar-refractivity contribution in [2.75, 3.05) is 33.3 Å². The molecule has 1 aliphatic heterocycles. The van der Waals surface area contributed by atoms with E-state index in [2.05, 4.69) is 15.5 Å². The predicted molar refractivity (Wildman–Crippen MR) is 79.7 cm³/mol. The fourth-order valence-electron chi connectivity index (χ4n) is 2.99. The summed E-state index contributed by atoms with van der Waals surface area (Å²) in [4.78, 5) is 14.4. The second-order valence-corrected chi connectivity index (χ2v) is 6.16. The van der Waals surface area contributed by atoms with E-state index in [1.54, 1.807) is 0 Å². The van der Waals surface area contributed by atoms with Gasteiger partial charge in [0, 0.05) is 25.7 Å². The molecule has 0 aromatic rings. The van der Waals surface area contributed by atoms with Gasteiger partial charge in [0.1, 0.15) is 0 Å². The van der Waals surface area contributed by atoms with E-state index in [1.165, 1.54) is 19.3 Å². The zero-order valence-corrected chi connectivity index (χ0v) is 12.9. The van der Waals surface area contributed by atoms with Gasteiger partial charge < -0.3 is 15.4 Å². The van der Waals surface area contributed by atoms with Gasteiger partial charge in [0.2, 0.25) is 5.91 Å². The van der Waals surface area contributed by atoms with Crippen molar-refractivity contribution in [1.29, 1.82) is 0 Å². The summed E-state index contributed by atoms with van der Waals surface area (Å²) < 4.78 is 5.69. The van der Waals surface area contributed by atoms with Crippen molar-refractivity contribution in [1.82, 2.24) is 15.5 Å². The van der Waals surface area contributed by atoms with Gasteiger partial charge in [-0.05, 0) is 26.8 Å². The van der Waals surface area contributed by atoms with Crippen molar-refractivity contribution in [3.8, 4) is 0 Å². The molecule has 2 N–H and O–H groups in total. The maximum absolute atomic E-state index is 12.3. The summed E-state index contributed by atoms with van der Waals surface area (Å²) in [5, 5.41) is 6.52. The largest absolute Gasteiger partial charge is 0.374 e. The van der Waals surface area contributed by atoms with E-state index < -0.39 is 0 Å². The van der Waals surface area contributed by atoms with E-state index in [0.29, 0.717) is 6.04 Å². The van der Waals surface area contributed by atoms with Crippen LogP contribution in [0.15, 0.2) is 0 Å². The van der Waals surface area contributed by atoms with Gasteiger partial charge in [0.15, 0.2) is 0 Å². The lowest BCUT2D eigenvalue weighted by atomic mass is 9.95. The molecule has 0 aromatic heterocycles. The molecular weight excluding hydrogens is 254 g/mol. The second-order valence-electron chi connectivity index (χ2n) is 6.16. The molecule has 1 saturated carbocycles. The lowest BCUT2D eigenvalue weighted by Gasteiger charge is -2.32. The van der Waals surface area contributed by atoms with Crippen LogP contribution in [0.25, 0.3) is 0 Å². The van der Waals surface area contributed by atoms with Crippen LogP contribution in [0.3, 0.4) is 0 Å². The van der Waals surface area contributed by atoms with Crippen molar-refractivity contribution < 1.29 is 9.53 Å². The summed E-state index contributed by atoms with van der Waals surface area (Å²) in [7, 11) is 2.00. The molecule has 2 aliphatic rings. The third-order valence-corrected chi connectivity index (χ3v) is 4.49. The number of nitrogens with zero attached hydrogens (tertiary/aromatic N) is 1. The maximum atomic E-state index is 12.3. The molecule has 5 nitrogen and oxygen atoms in total. The third-order valence-electron chi connectivity index (χ3n) is 4.49. The van der Waals surface area contributed by atoms with E-state index in [4.69, 9.17) is 4.74 Å². The number of ether oxygens (including phenoxy) is 1. The number of hydrogen-bond donors (Lipinski definition) is 2. The van der Waals surface area contributed by atoms with Gasteiger partial charge in [0.25, 0.3) is 0 Å². The smallest absolute Gasteiger partial charge is 0.237 e. The van der Waals surface area contributed by atoms with Crippen LogP contribution in [-0.2, 0) is 9.53 Å². The van der Waals surface area contributed by atoms with Crippen molar-refractivity contribution in [3.63, 3.8) is 0 Å². The fourth-order valence-corrected chi connectivity index (χ4v) is 2.99. The van der Waals surface area contributed by atoms with Crippen LogP contribution in [0.4, 0.5) is 0 Å². The highest BCUT2D eigenvalue weighted by Gasteiger charge is 2.24. The monoisotopic (exact) mass is 283 g/mol. The Hall–Kier alpha value is -0.650. The molecule has 1 saturated heterocycles. The number of carbonyl (C=O) groups is 1. The molecule has 2 unspecified atom stereocenters. The van der Waals surface area contributed by atoms with Crippen LogP contribution in [0.2, 0.25) is 0 Å². The van der Waals surface area contributed by atoms with Gasteiger partial charge in [-0.25, -0.2) is 0 Å². The molecule has 0 spiro atoms. The summed E-state index contributed by atoms with van der Waals surface area (Å²) in [6.45, 7) is 5.35. The number of morpholine rings is 1. The first kappa shape index (κ1) is 15.7. The molecule has 1 heterocycles. The van der Waals surface area contributed by atoms with Gasteiger partial charge in [0.05, 0.1) is 18.8 Å². The average molecular weight is 283 g/mol. The molecule has 1 aliphatic carbocycles. The topological polar surface area (TPSA) is 53.6 Å². The molecule has 20 heavy (non-hydrogen) atoms. The highest BCUT2D eigenvalue weighted by atomic mass is 16.5. The molecule has 2 rings (SSSR count). The summed E-state index contributed by atoms with van der Waals surface area (Å²) in [6, 6.07) is 0.294. The van der Waals surface area contributed by atoms with Crippen LogP contribution in [0, 0.1) is 0 Å². The predicted octanol–water partition coefficient (Wildman–Crippen LogP) is 0.744. The van der Waals surface area contributed by atoms with Crippen molar-refractivity contribution in [3.05, 3.63) is 0 Å². The zero-order chi connectivity index (χ0) is 14.4. The van der Waals surface area contributed by atoms with Gasteiger partial charge >= 0.3 is 0 Å². The summed E-state index contributed by atoms with van der Waals surface area (Å²) in [5.74, 6) is 0.156. The Balaban J connectivity index is 1.73. The van der Waals surface area contributed by atoms with Crippen molar-refractivity contribution in [2.45, 2.75) is 57.2 Å². The Morgan fingerprint density at radius 3 is 2.80 bits per heavy atom. The molecule has 2 fully saturated rings. The van der Waals surface area contributed by atoms with Gasteiger partial charge in [-0.2, -0.15) is 0 Å². The molecule has 116 valence electrons. The lowest BCUT2D eigenvalue weighted by Crippen LogP contribution is -2.51. The lowest BCUT2D eigenvalue weighted by molar-refractivity contribution is -0.127. The van der Waals surface area contributed by atoms with Crippen LogP contribution in [0.5, 0.6) is 0 Å². The Kier molecular flexibility index (Phi) is 6.26. The van der Waals surface area contributed by atoms with E-state index in [9.17, 15) is 4.79 Å². The van der Waals surface area contributed by atoms with Crippen molar-refractivity contribution in [2.24, 2.45) is 0 Å². The van der Waals surface area contributed by atoms with E-state index in [-0.39, 0.29) is 18.1 Å². The Morgan fingerprint density at radius 1 is 1.40 bits per heavy atom. The van der Waals surface area contributed by atoms with Crippen LogP contribution < -0.4 is 10.6 Å². The van der Waals surface area contributed by atoms with Crippen LogP contribution >= 0.6 is 0 Å². The maximum Gasteiger partial charge on any atom is 0.237 e. The first-order chi connectivity index (χ1) is 9.66. The summed E-state index contributed by atoms with van der Waals surface area (Å²) in [5.41, 5.74) is 0. The van der Waals surface area contributed by atoms with Gasteiger partial charge in [-0.15, -0.1) is 0 Å². The quantitative estimate of drug-likeness (QED) is 0.781. The van der Waals surface area contributed by atoms with E-state index >= 15 is 0 Å². The number of hydrogen-bond acceptors (Lipinski definition) is 4. The normalized spacial score (nSPS) is 26.4. The fraction of sp³-hybridized carbons (Fsp3) is 0.933. The molecular formula is C15H29N3O2. The Bertz CT molecular complexity index is 299. The molecule has 0 aromatic carbocycles. The van der Waals surface area contributed by atoms with Gasteiger partial charge in [-0.3, -0.25) is 9.69 Å². The van der Waals surface area contributed by atoms with E-state index in [1.807, 2.05) is 14.0 Å². The SMILES string of the molecule is CC(C(=O)NC1CCCCC1)N(C)CC1CNCCO1. The molecule has 2 atom stereocenters. The van der Waals surface area contributed by atoms with Gasteiger partial charge in [-0.1, -0.05) is 19.3 Å². The molecule has 1 amide bonds. The summed E-state index contributed by atoms with van der Waals surface area (Å²) in [6.07, 6.45) is 6.27. The molecule has 0 radical (unpaired) electrons. The van der Waals surface area contributed by atoms with Crippen LogP contribution in [-0.4, -0.2) is 62.3 Å². The Labute approximate surface area is 122 Å². The Morgan fingerprint density at radius 2 is 2.15 bits per heavy atom. The average Bonchev–Trinajstić information content (AvgIpc) is 2.48.